The van der Waals surface area contributed by atoms with Crippen LogP contribution in [0.4, 0.5) is 0 Å². The summed E-state index contributed by atoms with van der Waals surface area (Å²) in [5.41, 5.74) is 0.833. The number of aromatic nitrogens is 3. The monoisotopic (exact) mass is 372 g/mol. The highest BCUT2D eigenvalue weighted by Crippen LogP contribution is 2.26. The number of rotatable bonds is 6. The Balaban J connectivity index is 1.93. The molecule has 1 heterocycles. The molecule has 0 aliphatic carbocycles. The van der Waals surface area contributed by atoms with E-state index in [-0.39, 0.29) is 23.7 Å². The molecule has 8 heteroatoms. The van der Waals surface area contributed by atoms with E-state index >= 15 is 0 Å². The third-order valence-corrected chi connectivity index (χ3v) is 4.76. The van der Waals surface area contributed by atoms with Gasteiger partial charge in [0.05, 0.1) is 11.8 Å². The van der Waals surface area contributed by atoms with Gasteiger partial charge < -0.3 is 9.88 Å². The van der Waals surface area contributed by atoms with Crippen LogP contribution in [0.25, 0.3) is 0 Å². The molecule has 0 radical (unpaired) electrons. The number of nitrogens with one attached hydrogen (secondary N) is 1. The first-order valence-corrected chi connectivity index (χ1v) is 8.89. The van der Waals surface area contributed by atoms with Crippen LogP contribution < -0.4 is 5.32 Å². The normalized spacial score (nSPS) is 12.4. The highest BCUT2D eigenvalue weighted by atomic mass is 35.5. The Bertz CT molecular complexity index is 690. The van der Waals surface area contributed by atoms with Crippen molar-refractivity contribution in [2.45, 2.75) is 38.0 Å². The third kappa shape index (κ3) is 4.86. The summed E-state index contributed by atoms with van der Waals surface area (Å²) >= 11 is 13.4. The van der Waals surface area contributed by atoms with Gasteiger partial charge in [0.1, 0.15) is 6.33 Å². The van der Waals surface area contributed by atoms with Crippen molar-refractivity contribution >= 4 is 40.9 Å². The predicted octanol–water partition coefficient (Wildman–Crippen LogP) is 4.14. The van der Waals surface area contributed by atoms with E-state index in [2.05, 4.69) is 15.5 Å². The molecule has 1 N–H and O–H groups in total. The number of thioether (sulfide) groups is 1. The van der Waals surface area contributed by atoms with Crippen LogP contribution in [0.15, 0.2) is 29.7 Å². The Labute approximate surface area is 149 Å². The molecule has 0 saturated heterocycles. The number of hydrogen-bond acceptors (Lipinski definition) is 4. The molecule has 0 aliphatic heterocycles. The number of carbonyl (C=O) groups is 1. The van der Waals surface area contributed by atoms with Crippen LogP contribution in [0.3, 0.4) is 0 Å². The Morgan fingerprint density at radius 1 is 1.35 bits per heavy atom. The molecule has 2 aromatic rings. The highest BCUT2D eigenvalue weighted by molar-refractivity contribution is 7.99. The number of amides is 1. The first-order valence-electron chi connectivity index (χ1n) is 7.15. The van der Waals surface area contributed by atoms with Crippen molar-refractivity contribution in [3.05, 3.63) is 40.1 Å². The van der Waals surface area contributed by atoms with E-state index in [1.807, 2.05) is 31.4 Å². The SMILES string of the molecule is CC(C)n1cnnc1SCC(=O)N[C@H](C)c1ccc(Cl)cc1Cl. The molecule has 1 amide bonds. The summed E-state index contributed by atoms with van der Waals surface area (Å²) in [6, 6.07) is 5.29. The van der Waals surface area contributed by atoms with Gasteiger partial charge in [-0.1, -0.05) is 41.0 Å². The van der Waals surface area contributed by atoms with E-state index in [4.69, 9.17) is 23.2 Å². The van der Waals surface area contributed by atoms with E-state index in [0.717, 1.165) is 10.7 Å². The van der Waals surface area contributed by atoms with Gasteiger partial charge in [-0.25, -0.2) is 0 Å². The Kier molecular flexibility index (Phi) is 6.33. The van der Waals surface area contributed by atoms with Crippen LogP contribution in [0.2, 0.25) is 10.0 Å². The van der Waals surface area contributed by atoms with Gasteiger partial charge in [0.25, 0.3) is 0 Å². The number of benzene rings is 1. The summed E-state index contributed by atoms with van der Waals surface area (Å²) in [7, 11) is 0. The molecule has 124 valence electrons. The fraction of sp³-hybridized carbons (Fsp3) is 0.400. The highest BCUT2D eigenvalue weighted by Gasteiger charge is 2.15. The molecule has 5 nitrogen and oxygen atoms in total. The first kappa shape index (κ1) is 18.1. The summed E-state index contributed by atoms with van der Waals surface area (Å²) in [5.74, 6) is 0.174. The molecule has 1 aromatic carbocycles. The van der Waals surface area contributed by atoms with Gasteiger partial charge in [-0.3, -0.25) is 4.79 Å². The van der Waals surface area contributed by atoms with Gasteiger partial charge in [-0.15, -0.1) is 10.2 Å². The average molecular weight is 373 g/mol. The molecule has 0 bridgehead atoms. The van der Waals surface area contributed by atoms with E-state index in [0.29, 0.717) is 10.0 Å². The fourth-order valence-electron chi connectivity index (χ4n) is 2.03. The lowest BCUT2D eigenvalue weighted by Crippen LogP contribution is -2.28. The van der Waals surface area contributed by atoms with Gasteiger partial charge >= 0.3 is 0 Å². The Morgan fingerprint density at radius 2 is 2.09 bits per heavy atom. The lowest BCUT2D eigenvalue weighted by atomic mass is 10.1. The van der Waals surface area contributed by atoms with Crippen LogP contribution >= 0.6 is 35.0 Å². The van der Waals surface area contributed by atoms with Crippen LogP contribution in [0.1, 0.15) is 38.4 Å². The zero-order valence-corrected chi connectivity index (χ0v) is 15.4. The second kappa shape index (κ2) is 8.04. The summed E-state index contributed by atoms with van der Waals surface area (Å²) < 4.78 is 1.93. The second-order valence-electron chi connectivity index (χ2n) is 5.36. The zero-order valence-electron chi connectivity index (χ0n) is 13.1. The minimum atomic E-state index is -0.198. The quantitative estimate of drug-likeness (QED) is 0.774. The predicted molar refractivity (Wildman–Crippen MR) is 94.2 cm³/mol. The number of carbonyl (C=O) groups excluding carboxylic acids is 1. The summed E-state index contributed by atoms with van der Waals surface area (Å²) in [6.45, 7) is 5.96. The molecule has 1 aromatic heterocycles. The molecule has 1 atom stereocenters. The van der Waals surface area contributed by atoms with Gasteiger partial charge in [-0.05, 0) is 38.5 Å². The van der Waals surface area contributed by atoms with Crippen LogP contribution in [0, 0.1) is 0 Å². The number of nitrogens with zero attached hydrogens (tertiary/aromatic N) is 3. The van der Waals surface area contributed by atoms with Crippen molar-refractivity contribution < 1.29 is 4.79 Å². The standard InChI is InChI=1S/C15H18Cl2N4OS/c1-9(2)21-8-18-20-15(21)23-7-14(22)19-10(3)12-5-4-11(16)6-13(12)17/h4-6,8-10H,7H2,1-3H3,(H,19,22)/t10-/m1/s1. The summed E-state index contributed by atoms with van der Waals surface area (Å²) in [5, 5.41) is 12.7. The number of halogens is 2. The average Bonchev–Trinajstić information content (AvgIpc) is 2.93. The molecule has 2 rings (SSSR count). The van der Waals surface area contributed by atoms with Crippen molar-refractivity contribution in [1.29, 1.82) is 0 Å². The maximum Gasteiger partial charge on any atom is 0.230 e. The fourth-order valence-corrected chi connectivity index (χ4v) is 3.46. The zero-order chi connectivity index (χ0) is 17.0. The van der Waals surface area contributed by atoms with Crippen molar-refractivity contribution in [2.75, 3.05) is 5.75 Å². The van der Waals surface area contributed by atoms with Gasteiger partial charge in [-0.2, -0.15) is 0 Å². The van der Waals surface area contributed by atoms with E-state index in [1.54, 1.807) is 18.5 Å². The molecule has 0 unspecified atom stereocenters. The number of hydrogen-bond donors (Lipinski definition) is 1. The first-order chi connectivity index (χ1) is 10.9. The Morgan fingerprint density at radius 3 is 2.74 bits per heavy atom. The Hall–Kier alpha value is -1.24. The van der Waals surface area contributed by atoms with Crippen LogP contribution in [0.5, 0.6) is 0 Å². The van der Waals surface area contributed by atoms with E-state index < -0.39 is 0 Å². The van der Waals surface area contributed by atoms with Crippen molar-refractivity contribution in [2.24, 2.45) is 0 Å². The van der Waals surface area contributed by atoms with Crippen molar-refractivity contribution in [1.82, 2.24) is 20.1 Å². The summed E-state index contributed by atoms with van der Waals surface area (Å²) in [6.07, 6.45) is 1.67. The largest absolute Gasteiger partial charge is 0.349 e. The summed E-state index contributed by atoms with van der Waals surface area (Å²) in [4.78, 5) is 12.1. The van der Waals surface area contributed by atoms with Gasteiger partial charge in [0.15, 0.2) is 5.16 Å². The molecular formula is C15H18Cl2N4OS. The lowest BCUT2D eigenvalue weighted by molar-refractivity contribution is -0.119. The molecule has 23 heavy (non-hydrogen) atoms. The van der Waals surface area contributed by atoms with Gasteiger partial charge in [0.2, 0.25) is 5.91 Å². The van der Waals surface area contributed by atoms with Crippen LogP contribution in [-0.2, 0) is 4.79 Å². The third-order valence-electron chi connectivity index (χ3n) is 3.24. The van der Waals surface area contributed by atoms with E-state index in [1.165, 1.54) is 11.8 Å². The van der Waals surface area contributed by atoms with E-state index in [9.17, 15) is 4.79 Å². The minimum Gasteiger partial charge on any atom is -0.349 e. The topological polar surface area (TPSA) is 59.8 Å². The maximum atomic E-state index is 12.1. The molecule has 0 spiro atoms. The van der Waals surface area contributed by atoms with Crippen molar-refractivity contribution in [3.8, 4) is 0 Å². The molecule has 0 aliphatic rings. The van der Waals surface area contributed by atoms with Gasteiger partial charge in [0, 0.05) is 16.1 Å². The lowest BCUT2D eigenvalue weighted by Gasteiger charge is -2.16. The molecule has 0 saturated carbocycles. The molecular weight excluding hydrogens is 355 g/mol. The van der Waals surface area contributed by atoms with Crippen LogP contribution in [-0.4, -0.2) is 26.4 Å². The maximum absolute atomic E-state index is 12.1. The van der Waals surface area contributed by atoms with Crippen molar-refractivity contribution in [3.63, 3.8) is 0 Å². The molecule has 0 fully saturated rings. The second-order valence-corrected chi connectivity index (χ2v) is 7.14. The minimum absolute atomic E-state index is 0.0909. The smallest absolute Gasteiger partial charge is 0.230 e.